The highest BCUT2D eigenvalue weighted by molar-refractivity contribution is 6.39. The lowest BCUT2D eigenvalue weighted by Gasteiger charge is -2.24. The Morgan fingerprint density at radius 3 is 2.55 bits per heavy atom. The van der Waals surface area contributed by atoms with Crippen molar-refractivity contribution in [3.63, 3.8) is 0 Å². The van der Waals surface area contributed by atoms with E-state index in [1.807, 2.05) is 13.8 Å². The molecule has 1 fully saturated rings. The number of carbonyl (C=O) groups is 2. The maximum absolute atomic E-state index is 12.2. The third-order valence-electron chi connectivity index (χ3n) is 3.57. The van der Waals surface area contributed by atoms with Gasteiger partial charge in [0, 0.05) is 6.42 Å². The fraction of sp³-hybridized carbons (Fsp3) is 0.467. The summed E-state index contributed by atoms with van der Waals surface area (Å²) in [7, 11) is 0. The van der Waals surface area contributed by atoms with Gasteiger partial charge in [0.25, 0.3) is 0 Å². The largest absolute Gasteiger partial charge is 0.461 e. The molecule has 0 spiro atoms. The Balaban J connectivity index is 2.02. The normalized spacial score (nSPS) is 21.0. The maximum Gasteiger partial charge on any atom is 0.323 e. The van der Waals surface area contributed by atoms with E-state index in [1.165, 1.54) is 0 Å². The first-order valence-corrected chi connectivity index (χ1v) is 7.86. The zero-order valence-electron chi connectivity index (χ0n) is 12.4. The van der Waals surface area contributed by atoms with Crippen LogP contribution in [0, 0.1) is 0 Å². The number of anilines is 1. The Morgan fingerprint density at radius 2 is 2.05 bits per heavy atom. The van der Waals surface area contributed by atoms with Crippen molar-refractivity contribution in [2.75, 3.05) is 18.4 Å². The Bertz CT molecular complexity index is 560. The second-order valence-corrected chi connectivity index (χ2v) is 6.02. The molecule has 0 radical (unpaired) electrons. The molecule has 0 aromatic heterocycles. The molecule has 120 valence electrons. The van der Waals surface area contributed by atoms with Crippen LogP contribution in [0.5, 0.6) is 0 Å². The Hall–Kier alpha value is -1.30. The van der Waals surface area contributed by atoms with Crippen LogP contribution in [0.4, 0.5) is 5.69 Å². The summed E-state index contributed by atoms with van der Waals surface area (Å²) in [5, 5.41) is 3.44. The highest BCUT2D eigenvalue weighted by Gasteiger charge is 2.36. The summed E-state index contributed by atoms with van der Waals surface area (Å²) in [6.45, 7) is 4.38. The predicted octanol–water partition coefficient (Wildman–Crippen LogP) is 2.96. The van der Waals surface area contributed by atoms with Gasteiger partial charge in [-0.1, -0.05) is 36.2 Å². The minimum Gasteiger partial charge on any atom is -0.461 e. The van der Waals surface area contributed by atoms with E-state index in [-0.39, 0.29) is 30.6 Å². The van der Waals surface area contributed by atoms with E-state index in [9.17, 15) is 9.59 Å². The second kappa shape index (κ2) is 7.31. The molecule has 0 saturated carbocycles. The third-order valence-corrected chi connectivity index (χ3v) is 4.20. The van der Waals surface area contributed by atoms with Crippen molar-refractivity contribution < 1.29 is 14.3 Å². The van der Waals surface area contributed by atoms with Gasteiger partial charge >= 0.3 is 5.97 Å². The van der Waals surface area contributed by atoms with Gasteiger partial charge in [0.05, 0.1) is 22.3 Å². The minimum atomic E-state index is -0.382. The number of esters is 1. The molecule has 2 rings (SSSR count). The lowest BCUT2D eigenvalue weighted by molar-refractivity contribution is -0.144. The van der Waals surface area contributed by atoms with Crippen LogP contribution in [0.1, 0.15) is 20.3 Å². The van der Waals surface area contributed by atoms with Gasteiger partial charge in [-0.15, -0.1) is 0 Å². The Labute approximate surface area is 139 Å². The molecular formula is C15H18Cl2N2O3. The average molecular weight is 345 g/mol. The van der Waals surface area contributed by atoms with E-state index in [2.05, 4.69) is 5.32 Å². The van der Waals surface area contributed by atoms with Crippen molar-refractivity contribution in [3.05, 3.63) is 28.2 Å². The zero-order valence-corrected chi connectivity index (χ0v) is 13.9. The van der Waals surface area contributed by atoms with Gasteiger partial charge in [0.1, 0.15) is 12.1 Å². The van der Waals surface area contributed by atoms with Crippen LogP contribution in [0.3, 0.4) is 0 Å². The Kier molecular flexibility index (Phi) is 5.67. The number of halogens is 2. The molecule has 1 heterocycles. The highest BCUT2D eigenvalue weighted by atomic mass is 35.5. The number of cyclic esters (lactones) is 1. The van der Waals surface area contributed by atoms with Crippen molar-refractivity contribution in [1.82, 2.24) is 4.90 Å². The first-order chi connectivity index (χ1) is 10.4. The van der Waals surface area contributed by atoms with Crippen LogP contribution in [-0.2, 0) is 14.3 Å². The molecule has 1 aliphatic heterocycles. The summed E-state index contributed by atoms with van der Waals surface area (Å²) in [6, 6.07) is 4.62. The van der Waals surface area contributed by atoms with Crippen molar-refractivity contribution in [3.8, 4) is 0 Å². The number of hydrogen-bond acceptors (Lipinski definition) is 4. The molecule has 22 heavy (non-hydrogen) atoms. The first-order valence-electron chi connectivity index (χ1n) is 7.10. The second-order valence-electron chi connectivity index (χ2n) is 5.21. The summed E-state index contributed by atoms with van der Waals surface area (Å²) in [4.78, 5) is 25.8. The predicted molar refractivity (Wildman–Crippen MR) is 86.3 cm³/mol. The van der Waals surface area contributed by atoms with E-state index in [1.54, 1.807) is 23.1 Å². The van der Waals surface area contributed by atoms with Crippen LogP contribution in [0.15, 0.2) is 18.2 Å². The van der Waals surface area contributed by atoms with E-state index in [0.29, 0.717) is 28.7 Å². The lowest BCUT2D eigenvalue weighted by atomic mass is 10.1. The van der Waals surface area contributed by atoms with Gasteiger partial charge in [0.15, 0.2) is 0 Å². The van der Waals surface area contributed by atoms with Gasteiger partial charge in [-0.3, -0.25) is 14.5 Å². The van der Waals surface area contributed by atoms with Gasteiger partial charge in [-0.2, -0.15) is 0 Å². The number of para-hydroxylation sites is 1. The molecule has 0 bridgehead atoms. The fourth-order valence-corrected chi connectivity index (χ4v) is 2.95. The number of carbonyl (C=O) groups excluding carboxylic acids is 2. The maximum atomic E-state index is 12.2. The molecule has 1 amide bonds. The number of nitrogens with zero attached hydrogens (tertiary/aromatic N) is 1. The van der Waals surface area contributed by atoms with E-state index >= 15 is 0 Å². The van der Waals surface area contributed by atoms with Crippen LogP contribution in [0.2, 0.25) is 10.0 Å². The summed E-state index contributed by atoms with van der Waals surface area (Å²) >= 11 is 12.1. The van der Waals surface area contributed by atoms with Gasteiger partial charge in [-0.25, -0.2) is 0 Å². The van der Waals surface area contributed by atoms with Gasteiger partial charge in [0.2, 0.25) is 5.91 Å². The average Bonchev–Trinajstić information content (AvgIpc) is 2.79. The van der Waals surface area contributed by atoms with Gasteiger partial charge in [-0.05, 0) is 25.6 Å². The number of amides is 1. The SMILES string of the molecule is CCN(CC(=O)Nc1c(Cl)cccc1Cl)C1CC(C)OC1=O. The number of benzene rings is 1. The zero-order chi connectivity index (χ0) is 16.3. The standard InChI is InChI=1S/C15H18Cl2N2O3/c1-3-19(12-7-9(2)22-15(12)21)8-13(20)18-14-10(16)5-4-6-11(14)17/h4-6,9,12H,3,7-8H2,1-2H3,(H,18,20). The molecular weight excluding hydrogens is 327 g/mol. The fourth-order valence-electron chi connectivity index (χ4n) is 2.46. The molecule has 1 N–H and O–H groups in total. The molecule has 2 unspecified atom stereocenters. The van der Waals surface area contributed by atoms with Crippen molar-refractivity contribution in [2.24, 2.45) is 0 Å². The first kappa shape index (κ1) is 17.1. The number of likely N-dealkylation sites (N-methyl/N-ethyl adjacent to an activating group) is 1. The molecule has 1 aromatic carbocycles. The summed E-state index contributed by atoms with van der Waals surface area (Å²) < 4.78 is 5.14. The van der Waals surface area contributed by atoms with E-state index in [4.69, 9.17) is 27.9 Å². The van der Waals surface area contributed by atoms with E-state index in [0.717, 1.165) is 0 Å². The molecule has 1 saturated heterocycles. The third kappa shape index (κ3) is 3.91. The van der Waals surface area contributed by atoms with Crippen molar-refractivity contribution in [2.45, 2.75) is 32.4 Å². The summed E-state index contributed by atoms with van der Waals surface area (Å²) in [5.74, 6) is -0.554. The summed E-state index contributed by atoms with van der Waals surface area (Å²) in [6.07, 6.45) is 0.472. The number of ether oxygens (including phenoxy) is 1. The van der Waals surface area contributed by atoms with Crippen molar-refractivity contribution >= 4 is 40.8 Å². The van der Waals surface area contributed by atoms with Gasteiger partial charge < -0.3 is 10.1 Å². The van der Waals surface area contributed by atoms with Crippen LogP contribution in [-0.4, -0.2) is 42.0 Å². The quantitative estimate of drug-likeness (QED) is 0.834. The van der Waals surface area contributed by atoms with Crippen molar-refractivity contribution in [1.29, 1.82) is 0 Å². The summed E-state index contributed by atoms with van der Waals surface area (Å²) in [5.41, 5.74) is 0.384. The molecule has 5 nitrogen and oxygen atoms in total. The highest BCUT2D eigenvalue weighted by Crippen LogP contribution is 2.29. The molecule has 0 aliphatic carbocycles. The monoisotopic (exact) mass is 344 g/mol. The molecule has 2 atom stereocenters. The van der Waals surface area contributed by atoms with Crippen LogP contribution in [0.25, 0.3) is 0 Å². The van der Waals surface area contributed by atoms with E-state index < -0.39 is 0 Å². The number of hydrogen-bond donors (Lipinski definition) is 1. The smallest absolute Gasteiger partial charge is 0.323 e. The number of nitrogens with one attached hydrogen (secondary N) is 1. The van der Waals surface area contributed by atoms with Crippen LogP contribution < -0.4 is 5.32 Å². The molecule has 1 aliphatic rings. The molecule has 7 heteroatoms. The van der Waals surface area contributed by atoms with Crippen LogP contribution >= 0.6 is 23.2 Å². The minimum absolute atomic E-state index is 0.0739. The molecule has 1 aromatic rings. The topological polar surface area (TPSA) is 58.6 Å². The lowest BCUT2D eigenvalue weighted by Crippen LogP contribution is -2.43. The Morgan fingerprint density at radius 1 is 1.41 bits per heavy atom. The number of rotatable bonds is 5.